The number of hydrogen-bond acceptors (Lipinski definition) is 8. The Bertz CT molecular complexity index is 1740. The van der Waals surface area contributed by atoms with Crippen LogP contribution in [0.5, 0.6) is 0 Å². The van der Waals surface area contributed by atoms with Gasteiger partial charge in [0.15, 0.2) is 11.6 Å². The summed E-state index contributed by atoms with van der Waals surface area (Å²) in [7, 11) is 0. The molecular formula is C33H37N9O3. The van der Waals surface area contributed by atoms with Gasteiger partial charge in [0.2, 0.25) is 11.8 Å². The first-order valence-electron chi connectivity index (χ1n) is 15.8. The third-order valence-electron chi connectivity index (χ3n) is 9.96. The van der Waals surface area contributed by atoms with Crippen molar-refractivity contribution in [1.82, 2.24) is 35.2 Å². The number of amides is 2. The number of aromatic amines is 2. The number of H-pyrrole nitrogens is 2. The fourth-order valence-corrected chi connectivity index (χ4v) is 7.35. The van der Waals surface area contributed by atoms with Gasteiger partial charge in [-0.15, -0.1) is 0 Å². The fraction of sp³-hybridized carbons (Fsp3) is 0.424. The van der Waals surface area contributed by atoms with E-state index in [4.69, 9.17) is 4.74 Å². The number of ether oxygens (including phenoxy) is 1. The predicted octanol–water partition coefficient (Wildman–Crippen LogP) is 2.93. The molecule has 3 saturated heterocycles. The Balaban J connectivity index is 0.887. The maximum Gasteiger partial charge on any atom is 0.237 e. The number of likely N-dealkylation sites (tertiary alicyclic amines) is 1. The van der Waals surface area contributed by atoms with E-state index in [1.807, 2.05) is 34.1 Å². The lowest BCUT2D eigenvalue weighted by Gasteiger charge is -2.29. The third kappa shape index (κ3) is 5.17. The van der Waals surface area contributed by atoms with Gasteiger partial charge in [0, 0.05) is 55.9 Å². The molecule has 4 aromatic rings. The van der Waals surface area contributed by atoms with Crippen molar-refractivity contribution in [3.8, 4) is 11.4 Å². The summed E-state index contributed by atoms with van der Waals surface area (Å²) in [6.45, 7) is 6.73. The first kappa shape index (κ1) is 28.0. The Hall–Kier alpha value is -4.55. The molecule has 4 aliphatic heterocycles. The van der Waals surface area contributed by atoms with Gasteiger partial charge in [-0.05, 0) is 55.1 Å². The van der Waals surface area contributed by atoms with E-state index in [1.54, 1.807) is 0 Å². The monoisotopic (exact) mass is 607 g/mol. The molecule has 2 N–H and O–H groups in total. The molecular weight excluding hydrogens is 570 g/mol. The highest BCUT2D eigenvalue weighted by molar-refractivity contribution is 6.03. The molecule has 2 aromatic heterocycles. The summed E-state index contributed by atoms with van der Waals surface area (Å²) in [6.07, 6.45) is 6.08. The standard InChI is InChI=1S/C33H37N9O3/c43-29(40-11-7-24(8-12-40)23-1-3-25(4-2-23)30-34-22-35-37-30)20-39-13-9-33(21-39)10-14-42(32(33)44)26-5-6-28-27(19-26)31(38-36-28)41-15-17-45-18-16-41/h1-7,19,22H,8-18,20-21H2,(H,36,38)(H,34,35,37)/t33-/m0/s1. The second-order valence-corrected chi connectivity index (χ2v) is 12.6. The number of fused-ring (bicyclic) bond motifs is 1. The maximum atomic E-state index is 13.9. The molecule has 0 aliphatic carbocycles. The molecule has 4 aliphatic rings. The Morgan fingerprint density at radius 3 is 2.56 bits per heavy atom. The van der Waals surface area contributed by atoms with Gasteiger partial charge in [0.1, 0.15) is 6.33 Å². The van der Waals surface area contributed by atoms with E-state index in [-0.39, 0.29) is 11.8 Å². The van der Waals surface area contributed by atoms with Crippen LogP contribution in [0.4, 0.5) is 11.5 Å². The van der Waals surface area contributed by atoms with Crippen LogP contribution in [0.1, 0.15) is 24.8 Å². The molecule has 1 spiro atoms. The highest BCUT2D eigenvalue weighted by Crippen LogP contribution is 2.43. The van der Waals surface area contributed by atoms with Gasteiger partial charge in [-0.1, -0.05) is 30.3 Å². The van der Waals surface area contributed by atoms with Gasteiger partial charge in [0.25, 0.3) is 0 Å². The van der Waals surface area contributed by atoms with Crippen molar-refractivity contribution in [2.24, 2.45) is 5.41 Å². The number of rotatable bonds is 6. The number of morpholine rings is 1. The summed E-state index contributed by atoms with van der Waals surface area (Å²) in [5.41, 5.74) is 4.87. The van der Waals surface area contributed by atoms with Crippen molar-refractivity contribution in [3.05, 3.63) is 60.4 Å². The average molecular weight is 608 g/mol. The Kier molecular flexibility index (Phi) is 7.10. The van der Waals surface area contributed by atoms with Crippen molar-refractivity contribution in [2.45, 2.75) is 19.3 Å². The summed E-state index contributed by atoms with van der Waals surface area (Å²) >= 11 is 0. The first-order valence-corrected chi connectivity index (χ1v) is 15.8. The van der Waals surface area contributed by atoms with Crippen LogP contribution in [-0.2, 0) is 14.3 Å². The van der Waals surface area contributed by atoms with E-state index in [1.165, 1.54) is 17.5 Å². The summed E-state index contributed by atoms with van der Waals surface area (Å²) < 4.78 is 5.52. The minimum atomic E-state index is -0.425. The molecule has 0 unspecified atom stereocenters. The third-order valence-corrected chi connectivity index (χ3v) is 9.96. The van der Waals surface area contributed by atoms with Crippen molar-refractivity contribution < 1.29 is 14.3 Å². The van der Waals surface area contributed by atoms with E-state index in [9.17, 15) is 9.59 Å². The average Bonchev–Trinajstić information content (AvgIpc) is 3.90. The highest BCUT2D eigenvalue weighted by atomic mass is 16.5. The minimum absolute atomic E-state index is 0.131. The van der Waals surface area contributed by atoms with E-state index in [0.29, 0.717) is 45.9 Å². The van der Waals surface area contributed by atoms with Crippen LogP contribution in [0.3, 0.4) is 0 Å². The summed E-state index contributed by atoms with van der Waals surface area (Å²) in [6, 6.07) is 14.4. The number of hydrogen-bond donors (Lipinski definition) is 2. The van der Waals surface area contributed by atoms with E-state index < -0.39 is 5.41 Å². The summed E-state index contributed by atoms with van der Waals surface area (Å²) in [5, 5.41) is 15.6. The number of benzene rings is 2. The van der Waals surface area contributed by atoms with Crippen LogP contribution in [0.25, 0.3) is 27.9 Å². The lowest BCUT2D eigenvalue weighted by Crippen LogP contribution is -2.43. The quantitative estimate of drug-likeness (QED) is 0.343. The lowest BCUT2D eigenvalue weighted by molar-refractivity contribution is -0.132. The topological polar surface area (TPSA) is 127 Å². The van der Waals surface area contributed by atoms with Crippen molar-refractivity contribution >= 4 is 39.8 Å². The van der Waals surface area contributed by atoms with Crippen LogP contribution in [-0.4, -0.2) is 113 Å². The summed E-state index contributed by atoms with van der Waals surface area (Å²) in [5.74, 6) is 1.97. The molecule has 2 aromatic carbocycles. The van der Waals surface area contributed by atoms with Gasteiger partial charge in [-0.25, -0.2) is 4.98 Å². The van der Waals surface area contributed by atoms with Crippen molar-refractivity contribution in [3.63, 3.8) is 0 Å². The number of anilines is 2. The van der Waals surface area contributed by atoms with E-state index in [0.717, 1.165) is 72.7 Å². The predicted molar refractivity (Wildman–Crippen MR) is 171 cm³/mol. The maximum absolute atomic E-state index is 13.9. The molecule has 45 heavy (non-hydrogen) atoms. The zero-order valence-corrected chi connectivity index (χ0v) is 25.2. The second-order valence-electron chi connectivity index (χ2n) is 12.6. The fourth-order valence-electron chi connectivity index (χ4n) is 7.35. The molecule has 2 amide bonds. The molecule has 8 rings (SSSR count). The molecule has 232 valence electrons. The lowest BCUT2D eigenvalue weighted by atomic mass is 9.85. The van der Waals surface area contributed by atoms with Crippen LogP contribution in [0.2, 0.25) is 0 Å². The number of carbonyl (C=O) groups is 2. The second kappa shape index (κ2) is 11.4. The Morgan fingerprint density at radius 2 is 1.78 bits per heavy atom. The van der Waals surface area contributed by atoms with Crippen LogP contribution in [0.15, 0.2) is 54.9 Å². The van der Waals surface area contributed by atoms with Crippen LogP contribution in [0, 0.1) is 5.41 Å². The molecule has 1 atom stereocenters. The zero-order chi connectivity index (χ0) is 30.4. The van der Waals surface area contributed by atoms with Gasteiger partial charge >= 0.3 is 0 Å². The van der Waals surface area contributed by atoms with Crippen LogP contribution >= 0.6 is 0 Å². The first-order chi connectivity index (χ1) is 22.1. The molecule has 0 radical (unpaired) electrons. The SMILES string of the molecule is O=C(CN1CC[C@]2(CCN(c3ccc4[nH]nc(N5CCOCC5)c4c3)C2=O)C1)N1CC=C(c2ccc(-c3ncn[nH]3)cc2)CC1. The molecule has 12 nitrogen and oxygen atoms in total. The minimum Gasteiger partial charge on any atom is -0.378 e. The highest BCUT2D eigenvalue weighted by Gasteiger charge is 2.51. The van der Waals surface area contributed by atoms with Gasteiger partial charge in [0.05, 0.1) is 30.7 Å². The molecule has 0 saturated carbocycles. The van der Waals surface area contributed by atoms with Crippen molar-refractivity contribution in [2.75, 3.05) is 75.4 Å². The van der Waals surface area contributed by atoms with Crippen molar-refractivity contribution in [1.29, 1.82) is 0 Å². The van der Waals surface area contributed by atoms with Crippen LogP contribution < -0.4 is 9.80 Å². The smallest absolute Gasteiger partial charge is 0.237 e. The molecule has 12 heteroatoms. The van der Waals surface area contributed by atoms with Gasteiger partial charge in [-0.3, -0.25) is 24.7 Å². The largest absolute Gasteiger partial charge is 0.378 e. The molecule has 3 fully saturated rings. The summed E-state index contributed by atoms with van der Waals surface area (Å²) in [4.78, 5) is 39.8. The number of carbonyl (C=O) groups excluding carboxylic acids is 2. The number of aromatic nitrogens is 5. The van der Waals surface area contributed by atoms with E-state index >= 15 is 0 Å². The Labute approximate surface area is 261 Å². The number of nitrogens with one attached hydrogen (secondary N) is 2. The Morgan fingerprint density at radius 1 is 0.956 bits per heavy atom. The van der Waals surface area contributed by atoms with Gasteiger partial charge in [-0.2, -0.15) is 10.2 Å². The molecule has 0 bridgehead atoms. The molecule has 6 heterocycles. The van der Waals surface area contributed by atoms with Gasteiger partial charge < -0.3 is 19.4 Å². The van der Waals surface area contributed by atoms with E-state index in [2.05, 4.69) is 59.5 Å². The zero-order valence-electron chi connectivity index (χ0n) is 25.2. The normalized spacial score (nSPS) is 22.6. The number of nitrogens with zero attached hydrogens (tertiary/aromatic N) is 7.